The van der Waals surface area contributed by atoms with Gasteiger partial charge in [0.05, 0.1) is 18.1 Å². The highest BCUT2D eigenvalue weighted by atomic mass is 16.5. The summed E-state index contributed by atoms with van der Waals surface area (Å²) in [6.07, 6.45) is 1.00. The Kier molecular flexibility index (Phi) is 5.87. The number of esters is 2. The normalized spacial score (nSPS) is 9.62. The lowest BCUT2D eigenvalue weighted by Gasteiger charge is -2.06. The Labute approximate surface area is 139 Å². The summed E-state index contributed by atoms with van der Waals surface area (Å²) in [5.74, 6) is -0.653. The van der Waals surface area contributed by atoms with E-state index in [1.807, 2.05) is 24.3 Å². The molecule has 0 N–H and O–H groups in total. The van der Waals surface area contributed by atoms with Crippen molar-refractivity contribution in [1.29, 1.82) is 5.26 Å². The van der Waals surface area contributed by atoms with E-state index in [4.69, 9.17) is 14.7 Å². The van der Waals surface area contributed by atoms with Crippen molar-refractivity contribution in [2.75, 3.05) is 6.61 Å². The maximum atomic E-state index is 11.6. The Bertz CT molecular complexity index is 771. The summed E-state index contributed by atoms with van der Waals surface area (Å²) in [6, 6.07) is 16.3. The summed E-state index contributed by atoms with van der Waals surface area (Å²) in [5, 5.41) is 8.79. The minimum atomic E-state index is -0.574. The first-order valence-corrected chi connectivity index (χ1v) is 7.23. The van der Waals surface area contributed by atoms with Crippen LogP contribution in [-0.4, -0.2) is 18.5 Å². The molecule has 5 nitrogen and oxygen atoms in total. The summed E-state index contributed by atoms with van der Waals surface area (Å²) in [6.45, 7) is 3.21. The van der Waals surface area contributed by atoms with E-state index in [1.165, 1.54) is 0 Å². The van der Waals surface area contributed by atoms with Crippen LogP contribution >= 0.6 is 0 Å². The first kappa shape index (κ1) is 17.0. The van der Waals surface area contributed by atoms with Crippen molar-refractivity contribution < 1.29 is 19.1 Å². The van der Waals surface area contributed by atoms with E-state index in [0.717, 1.165) is 17.2 Å². The zero-order valence-electron chi connectivity index (χ0n) is 12.9. The highest BCUT2D eigenvalue weighted by molar-refractivity contribution is 5.81. The van der Waals surface area contributed by atoms with Crippen LogP contribution in [0.2, 0.25) is 0 Å². The zero-order chi connectivity index (χ0) is 17.4. The second kappa shape index (κ2) is 8.30. The summed E-state index contributed by atoms with van der Waals surface area (Å²) in [7, 11) is 0. The number of nitriles is 1. The van der Waals surface area contributed by atoms with Crippen molar-refractivity contribution in [2.24, 2.45) is 0 Å². The second-order valence-corrected chi connectivity index (χ2v) is 4.81. The molecule has 0 amide bonds. The number of nitrogens with zero attached hydrogens (tertiary/aromatic N) is 1. The predicted molar refractivity (Wildman–Crippen MR) is 88.0 cm³/mol. The zero-order valence-corrected chi connectivity index (χ0v) is 12.9. The molecule has 24 heavy (non-hydrogen) atoms. The summed E-state index contributed by atoms with van der Waals surface area (Å²) >= 11 is 0. The Hall–Kier alpha value is -3.39. The molecule has 0 aliphatic carbocycles. The van der Waals surface area contributed by atoms with Crippen molar-refractivity contribution in [3.63, 3.8) is 0 Å². The SMILES string of the molecule is C=CC(=O)OCCC(=O)Oc1ccc(-c2ccc(C#N)cc2)cc1. The molecule has 0 aromatic heterocycles. The fraction of sp³-hybridized carbons (Fsp3) is 0.105. The molecule has 120 valence electrons. The number of hydrogen-bond donors (Lipinski definition) is 0. The van der Waals surface area contributed by atoms with Crippen LogP contribution in [0, 0.1) is 11.3 Å². The van der Waals surface area contributed by atoms with Gasteiger partial charge in [0.15, 0.2) is 0 Å². The van der Waals surface area contributed by atoms with E-state index >= 15 is 0 Å². The molecule has 0 spiro atoms. The van der Waals surface area contributed by atoms with Crippen LogP contribution in [0.15, 0.2) is 61.2 Å². The molecule has 2 aromatic carbocycles. The van der Waals surface area contributed by atoms with Gasteiger partial charge in [0.25, 0.3) is 0 Å². The molecule has 0 unspecified atom stereocenters. The molecule has 0 atom stereocenters. The van der Waals surface area contributed by atoms with Crippen molar-refractivity contribution in [1.82, 2.24) is 0 Å². The van der Waals surface area contributed by atoms with Crippen LogP contribution in [0.1, 0.15) is 12.0 Å². The van der Waals surface area contributed by atoms with Crippen molar-refractivity contribution >= 4 is 11.9 Å². The van der Waals surface area contributed by atoms with Gasteiger partial charge in [-0.3, -0.25) is 4.79 Å². The Morgan fingerprint density at radius 2 is 1.62 bits per heavy atom. The van der Waals surface area contributed by atoms with E-state index in [2.05, 4.69) is 12.6 Å². The molecule has 0 saturated carbocycles. The van der Waals surface area contributed by atoms with Crippen molar-refractivity contribution in [3.8, 4) is 22.9 Å². The van der Waals surface area contributed by atoms with E-state index in [-0.39, 0.29) is 13.0 Å². The molecular formula is C19H15NO4. The smallest absolute Gasteiger partial charge is 0.330 e. The first-order chi connectivity index (χ1) is 11.6. The van der Waals surface area contributed by atoms with Crippen LogP contribution < -0.4 is 4.74 Å². The number of hydrogen-bond acceptors (Lipinski definition) is 5. The van der Waals surface area contributed by atoms with Crippen molar-refractivity contribution in [3.05, 3.63) is 66.7 Å². The molecule has 0 heterocycles. The fourth-order valence-corrected chi connectivity index (χ4v) is 1.93. The molecule has 2 aromatic rings. The van der Waals surface area contributed by atoms with Crippen LogP contribution in [0.4, 0.5) is 0 Å². The minimum absolute atomic E-state index is 0.0308. The molecular weight excluding hydrogens is 306 g/mol. The molecule has 0 bridgehead atoms. The van der Waals surface area contributed by atoms with Gasteiger partial charge in [-0.25, -0.2) is 4.79 Å². The molecule has 0 aliphatic rings. The summed E-state index contributed by atoms with van der Waals surface area (Å²) in [4.78, 5) is 22.5. The molecule has 0 saturated heterocycles. The Morgan fingerprint density at radius 3 is 2.17 bits per heavy atom. The van der Waals surface area contributed by atoms with E-state index in [1.54, 1.807) is 24.3 Å². The average molecular weight is 321 g/mol. The lowest BCUT2D eigenvalue weighted by molar-refractivity contribution is -0.141. The number of ether oxygens (including phenoxy) is 2. The third kappa shape index (κ3) is 4.82. The fourth-order valence-electron chi connectivity index (χ4n) is 1.93. The lowest BCUT2D eigenvalue weighted by Crippen LogP contribution is -2.12. The summed E-state index contributed by atoms with van der Waals surface area (Å²) < 4.78 is 9.87. The van der Waals surface area contributed by atoms with Gasteiger partial charge < -0.3 is 9.47 Å². The average Bonchev–Trinajstić information content (AvgIpc) is 2.62. The first-order valence-electron chi connectivity index (χ1n) is 7.23. The van der Waals surface area contributed by atoms with Crippen LogP contribution in [0.25, 0.3) is 11.1 Å². The number of carbonyl (C=O) groups excluding carboxylic acids is 2. The minimum Gasteiger partial charge on any atom is -0.462 e. The van der Waals surface area contributed by atoms with Gasteiger partial charge in [0, 0.05) is 6.08 Å². The highest BCUT2D eigenvalue weighted by Crippen LogP contribution is 2.23. The topological polar surface area (TPSA) is 76.4 Å². The molecule has 0 aliphatic heterocycles. The predicted octanol–water partition coefficient (Wildman–Crippen LogP) is 3.25. The maximum Gasteiger partial charge on any atom is 0.330 e. The molecule has 2 rings (SSSR count). The largest absolute Gasteiger partial charge is 0.462 e. The second-order valence-electron chi connectivity index (χ2n) is 4.81. The standard InChI is InChI=1S/C19H15NO4/c1-2-18(21)23-12-11-19(22)24-17-9-7-16(8-10-17)15-5-3-14(13-20)4-6-15/h2-10H,1,11-12H2. The highest BCUT2D eigenvalue weighted by Gasteiger charge is 2.07. The molecule has 0 fully saturated rings. The Balaban J connectivity index is 1.91. The van der Waals surface area contributed by atoms with Gasteiger partial charge in [-0.1, -0.05) is 30.8 Å². The maximum absolute atomic E-state index is 11.6. The van der Waals surface area contributed by atoms with Crippen LogP contribution in [-0.2, 0) is 14.3 Å². The molecule has 0 radical (unpaired) electrons. The molecule has 5 heteroatoms. The van der Waals surface area contributed by atoms with Gasteiger partial charge in [0.1, 0.15) is 12.4 Å². The van der Waals surface area contributed by atoms with Gasteiger partial charge in [-0.2, -0.15) is 5.26 Å². The van der Waals surface area contributed by atoms with Gasteiger partial charge in [-0.15, -0.1) is 0 Å². The third-order valence-electron chi connectivity index (χ3n) is 3.15. The Morgan fingerprint density at radius 1 is 1.04 bits per heavy atom. The third-order valence-corrected chi connectivity index (χ3v) is 3.15. The number of rotatable bonds is 6. The van der Waals surface area contributed by atoms with Gasteiger partial charge >= 0.3 is 11.9 Å². The number of benzene rings is 2. The monoisotopic (exact) mass is 321 g/mol. The number of carbonyl (C=O) groups is 2. The summed E-state index contributed by atoms with van der Waals surface area (Å²) in [5.41, 5.74) is 2.50. The lowest BCUT2D eigenvalue weighted by atomic mass is 10.0. The van der Waals surface area contributed by atoms with Crippen molar-refractivity contribution in [2.45, 2.75) is 6.42 Å². The van der Waals surface area contributed by atoms with E-state index in [0.29, 0.717) is 11.3 Å². The van der Waals surface area contributed by atoms with Gasteiger partial charge in [-0.05, 0) is 35.4 Å². The van der Waals surface area contributed by atoms with Crippen LogP contribution in [0.3, 0.4) is 0 Å². The van der Waals surface area contributed by atoms with E-state index in [9.17, 15) is 9.59 Å². The van der Waals surface area contributed by atoms with Crippen LogP contribution in [0.5, 0.6) is 5.75 Å². The van der Waals surface area contributed by atoms with Gasteiger partial charge in [0.2, 0.25) is 0 Å². The van der Waals surface area contributed by atoms with E-state index < -0.39 is 11.9 Å². The quantitative estimate of drug-likeness (QED) is 0.464.